The van der Waals surface area contributed by atoms with Crippen LogP contribution in [0.5, 0.6) is 0 Å². The minimum atomic E-state index is -0.886. The van der Waals surface area contributed by atoms with Crippen molar-refractivity contribution in [3.05, 3.63) is 34.9 Å². The van der Waals surface area contributed by atoms with E-state index in [1.54, 1.807) is 6.07 Å². The topological polar surface area (TPSA) is 133 Å². The first kappa shape index (κ1) is 19.0. The number of carboxylic acid groups (broad SMARTS) is 1. The molecule has 0 aromatic heterocycles. The average Bonchev–Trinajstić information content (AvgIpc) is 2.48. The molecular weight excluding hydrogens is 324 g/mol. The van der Waals surface area contributed by atoms with E-state index < -0.39 is 12.1 Å². The lowest BCUT2D eigenvalue weighted by Gasteiger charge is -2.37. The minimum Gasteiger partial charge on any atom is -0.465 e. The number of carbonyl (C=O) groups is 2. The Morgan fingerprint density at radius 2 is 1.78 bits per heavy atom. The van der Waals surface area contributed by atoms with Gasteiger partial charge in [0.05, 0.1) is 12.6 Å². The summed E-state index contributed by atoms with van der Waals surface area (Å²) in [5.41, 5.74) is 9.46. The molecule has 1 heterocycles. The van der Waals surface area contributed by atoms with Gasteiger partial charge < -0.3 is 26.6 Å². The molecule has 1 aliphatic rings. The Hall–Kier alpha value is -2.03. The third-order valence-corrected chi connectivity index (χ3v) is 3.67. The van der Waals surface area contributed by atoms with E-state index in [1.165, 1.54) is 4.90 Å². The summed E-state index contributed by atoms with van der Waals surface area (Å²) in [6.45, 7) is 2.15. The van der Waals surface area contributed by atoms with Crippen molar-refractivity contribution in [3.8, 4) is 0 Å². The normalized spacial score (nSPS) is 16.2. The molecule has 9 heteroatoms. The van der Waals surface area contributed by atoms with Crippen LogP contribution < -0.4 is 11.5 Å². The van der Waals surface area contributed by atoms with Crippen molar-refractivity contribution in [2.75, 3.05) is 32.8 Å². The maximum Gasteiger partial charge on any atom is 0.407 e. The van der Waals surface area contributed by atoms with Crippen LogP contribution in [0.2, 0.25) is 5.02 Å². The van der Waals surface area contributed by atoms with Gasteiger partial charge in [0.2, 0.25) is 0 Å². The van der Waals surface area contributed by atoms with E-state index in [-0.39, 0.29) is 12.6 Å². The Labute approximate surface area is 139 Å². The molecule has 0 saturated carbocycles. The van der Waals surface area contributed by atoms with Crippen LogP contribution in [0.15, 0.2) is 24.3 Å². The Bertz CT molecular complexity index is 531. The fourth-order valence-electron chi connectivity index (χ4n) is 2.37. The highest BCUT2D eigenvalue weighted by Crippen LogP contribution is 2.24. The minimum absolute atomic E-state index is 0.00653. The standard InChI is InChI=1S/C13H17ClN2O3.CH4N2O/c14-11-3-1-2-10(8-11)12(9-17)15-4-6-16(7-5-15)13(18)19;2-1(3)4/h1-3,8,12,17H,4-7,9H2,(H,18,19);(H4,2,3,4). The number of hydrogen-bond donors (Lipinski definition) is 4. The number of urea groups is 1. The molecule has 1 fully saturated rings. The lowest BCUT2D eigenvalue weighted by Crippen LogP contribution is -2.49. The van der Waals surface area contributed by atoms with Gasteiger partial charge in [-0.25, -0.2) is 9.59 Å². The molecule has 1 aromatic rings. The molecule has 1 aromatic carbocycles. The molecule has 8 nitrogen and oxygen atoms in total. The van der Waals surface area contributed by atoms with Crippen LogP contribution in [0.1, 0.15) is 11.6 Å². The Morgan fingerprint density at radius 3 is 2.22 bits per heavy atom. The predicted molar refractivity (Wildman–Crippen MR) is 86.2 cm³/mol. The van der Waals surface area contributed by atoms with Crippen LogP contribution in [-0.2, 0) is 0 Å². The van der Waals surface area contributed by atoms with Gasteiger partial charge in [0.1, 0.15) is 0 Å². The zero-order valence-corrected chi connectivity index (χ0v) is 13.3. The number of benzene rings is 1. The van der Waals surface area contributed by atoms with Crippen molar-refractivity contribution < 1.29 is 19.8 Å². The highest BCUT2D eigenvalue weighted by molar-refractivity contribution is 6.30. The molecule has 0 bridgehead atoms. The number of halogens is 1. The molecule has 0 aliphatic carbocycles. The number of aliphatic hydroxyl groups is 1. The first-order valence-corrected chi connectivity index (χ1v) is 7.36. The van der Waals surface area contributed by atoms with Gasteiger partial charge in [-0.15, -0.1) is 0 Å². The summed E-state index contributed by atoms with van der Waals surface area (Å²) in [4.78, 5) is 23.3. The van der Waals surface area contributed by atoms with Crippen LogP contribution in [-0.4, -0.2) is 64.9 Å². The van der Waals surface area contributed by atoms with Gasteiger partial charge in [0.25, 0.3) is 0 Å². The van der Waals surface area contributed by atoms with Crippen molar-refractivity contribution in [1.29, 1.82) is 0 Å². The molecule has 1 aliphatic heterocycles. The van der Waals surface area contributed by atoms with Gasteiger partial charge >= 0.3 is 12.1 Å². The zero-order chi connectivity index (χ0) is 17.4. The number of aliphatic hydroxyl groups excluding tert-OH is 1. The summed E-state index contributed by atoms with van der Waals surface area (Å²) in [7, 11) is 0. The summed E-state index contributed by atoms with van der Waals surface area (Å²) in [5, 5.41) is 19.1. The zero-order valence-electron chi connectivity index (χ0n) is 12.6. The van der Waals surface area contributed by atoms with Gasteiger partial charge in [0.15, 0.2) is 0 Å². The quantitative estimate of drug-likeness (QED) is 0.640. The summed E-state index contributed by atoms with van der Waals surface area (Å²) in [6, 6.07) is 6.45. The van der Waals surface area contributed by atoms with E-state index in [4.69, 9.17) is 21.5 Å². The maximum absolute atomic E-state index is 10.9. The SMILES string of the molecule is NC(N)=O.O=C(O)N1CCN(C(CO)c2cccc(Cl)c2)CC1. The number of amides is 3. The lowest BCUT2D eigenvalue weighted by atomic mass is 10.1. The summed E-state index contributed by atoms with van der Waals surface area (Å²) in [6.07, 6.45) is -0.886. The number of rotatable bonds is 3. The number of carbonyl (C=O) groups excluding carboxylic acids is 1. The highest BCUT2D eigenvalue weighted by atomic mass is 35.5. The number of nitrogens with two attached hydrogens (primary N) is 2. The van der Waals surface area contributed by atoms with Crippen LogP contribution >= 0.6 is 11.6 Å². The van der Waals surface area contributed by atoms with E-state index >= 15 is 0 Å². The van der Waals surface area contributed by atoms with Gasteiger partial charge in [-0.2, -0.15) is 0 Å². The van der Waals surface area contributed by atoms with Crippen molar-refractivity contribution >= 4 is 23.7 Å². The first-order chi connectivity index (χ1) is 10.8. The molecule has 1 atom stereocenters. The van der Waals surface area contributed by atoms with Crippen molar-refractivity contribution in [3.63, 3.8) is 0 Å². The van der Waals surface area contributed by atoms with E-state index in [0.717, 1.165) is 5.56 Å². The average molecular weight is 345 g/mol. The summed E-state index contributed by atoms with van der Waals surface area (Å²) >= 11 is 5.96. The fraction of sp³-hybridized carbons (Fsp3) is 0.429. The molecule has 0 radical (unpaired) electrons. The van der Waals surface area contributed by atoms with E-state index in [0.29, 0.717) is 31.2 Å². The second kappa shape index (κ2) is 9.19. The molecular formula is C14H21ClN4O4. The summed E-state index contributed by atoms with van der Waals surface area (Å²) < 4.78 is 0. The molecule has 3 amide bonds. The van der Waals surface area contributed by atoms with Crippen LogP contribution in [0.25, 0.3) is 0 Å². The lowest BCUT2D eigenvalue weighted by molar-refractivity contribution is 0.0628. The molecule has 128 valence electrons. The Morgan fingerprint density at radius 1 is 1.22 bits per heavy atom. The third kappa shape index (κ3) is 6.31. The van der Waals surface area contributed by atoms with Crippen LogP contribution in [0.3, 0.4) is 0 Å². The maximum atomic E-state index is 10.9. The first-order valence-electron chi connectivity index (χ1n) is 6.98. The van der Waals surface area contributed by atoms with Gasteiger partial charge in [-0.1, -0.05) is 23.7 Å². The largest absolute Gasteiger partial charge is 0.465 e. The van der Waals surface area contributed by atoms with Crippen LogP contribution in [0, 0.1) is 0 Å². The summed E-state index contributed by atoms with van der Waals surface area (Å²) in [5.74, 6) is 0. The second-order valence-corrected chi connectivity index (χ2v) is 5.40. The highest BCUT2D eigenvalue weighted by Gasteiger charge is 2.26. The number of nitrogens with zero attached hydrogens (tertiary/aromatic N) is 2. The van der Waals surface area contributed by atoms with Gasteiger partial charge in [-0.3, -0.25) is 4.90 Å². The predicted octanol–water partition coefficient (Wildman–Crippen LogP) is 0.693. The van der Waals surface area contributed by atoms with Crippen molar-refractivity contribution in [2.24, 2.45) is 11.5 Å². The van der Waals surface area contributed by atoms with Crippen molar-refractivity contribution in [1.82, 2.24) is 9.80 Å². The Kier molecular flexibility index (Phi) is 7.60. The molecule has 1 saturated heterocycles. The molecule has 23 heavy (non-hydrogen) atoms. The van der Waals surface area contributed by atoms with E-state index in [2.05, 4.69) is 16.4 Å². The number of piperazine rings is 1. The third-order valence-electron chi connectivity index (χ3n) is 3.43. The van der Waals surface area contributed by atoms with E-state index in [9.17, 15) is 9.90 Å². The van der Waals surface area contributed by atoms with Gasteiger partial charge in [0, 0.05) is 31.2 Å². The fourth-order valence-corrected chi connectivity index (χ4v) is 2.57. The Balaban J connectivity index is 0.000000593. The molecule has 2 rings (SSSR count). The second-order valence-electron chi connectivity index (χ2n) is 4.96. The number of primary amides is 2. The van der Waals surface area contributed by atoms with E-state index in [1.807, 2.05) is 18.2 Å². The van der Waals surface area contributed by atoms with Crippen molar-refractivity contribution in [2.45, 2.75) is 6.04 Å². The molecule has 0 spiro atoms. The molecule has 6 N–H and O–H groups in total. The monoisotopic (exact) mass is 344 g/mol. The number of hydrogen-bond acceptors (Lipinski definition) is 4. The van der Waals surface area contributed by atoms with Gasteiger partial charge in [-0.05, 0) is 17.7 Å². The molecule has 1 unspecified atom stereocenters. The van der Waals surface area contributed by atoms with Crippen LogP contribution in [0.4, 0.5) is 9.59 Å². The smallest absolute Gasteiger partial charge is 0.407 e.